The maximum atomic E-state index is 12.8. The second-order valence-corrected chi connectivity index (χ2v) is 8.02. The van der Waals surface area contributed by atoms with Crippen molar-refractivity contribution in [2.45, 2.75) is 12.8 Å². The highest BCUT2D eigenvalue weighted by Gasteiger charge is 2.16. The number of nitrogens with zero attached hydrogens (tertiary/aromatic N) is 3. The van der Waals surface area contributed by atoms with Gasteiger partial charge in [0.1, 0.15) is 10.8 Å². The van der Waals surface area contributed by atoms with Crippen molar-refractivity contribution in [3.05, 3.63) is 70.1 Å². The fraction of sp³-hybridized carbons (Fsp3) is 0.304. The van der Waals surface area contributed by atoms with Crippen LogP contribution in [-0.2, 0) is 4.74 Å². The van der Waals surface area contributed by atoms with Crippen LogP contribution in [0, 0.1) is 5.92 Å². The van der Waals surface area contributed by atoms with Gasteiger partial charge >= 0.3 is 0 Å². The largest absolute Gasteiger partial charge is 0.508 e. The first-order valence-corrected chi connectivity index (χ1v) is 10.6. The Bertz CT molecular complexity index is 1080. The van der Waals surface area contributed by atoms with Crippen LogP contribution in [0.4, 0.5) is 17.1 Å². The second-order valence-electron chi connectivity index (χ2n) is 7.65. The lowest BCUT2D eigenvalue weighted by Gasteiger charge is -2.23. The number of halogens is 1. The van der Waals surface area contributed by atoms with Gasteiger partial charge in [-0.25, -0.2) is 0 Å². The summed E-state index contributed by atoms with van der Waals surface area (Å²) in [5, 5.41) is 17.1. The van der Waals surface area contributed by atoms with Crippen LogP contribution in [0.1, 0.15) is 12.8 Å². The first kappa shape index (κ1) is 21.2. The number of hydrogen-bond acceptors (Lipinski definition) is 6. The van der Waals surface area contributed by atoms with E-state index in [0.717, 1.165) is 37.4 Å². The molecule has 1 fully saturated rings. The predicted octanol–water partition coefficient (Wildman–Crippen LogP) is 4.20. The molecule has 2 aromatic carbocycles. The van der Waals surface area contributed by atoms with Gasteiger partial charge in [0.2, 0.25) is 0 Å². The van der Waals surface area contributed by atoms with Crippen molar-refractivity contribution in [1.82, 2.24) is 9.78 Å². The third-order valence-electron chi connectivity index (χ3n) is 5.47. The molecule has 0 aliphatic carbocycles. The van der Waals surface area contributed by atoms with Crippen molar-refractivity contribution in [1.29, 1.82) is 0 Å². The van der Waals surface area contributed by atoms with Crippen molar-refractivity contribution in [2.24, 2.45) is 5.92 Å². The van der Waals surface area contributed by atoms with Crippen LogP contribution in [-0.4, -0.2) is 41.7 Å². The molecule has 2 N–H and O–H groups in total. The lowest BCUT2D eigenvalue weighted by molar-refractivity contribution is 0.0595. The van der Waals surface area contributed by atoms with Crippen molar-refractivity contribution >= 4 is 28.7 Å². The zero-order valence-electron chi connectivity index (χ0n) is 17.3. The van der Waals surface area contributed by atoms with Crippen molar-refractivity contribution in [2.75, 3.05) is 37.0 Å². The smallest absolute Gasteiger partial charge is 0.292 e. The lowest BCUT2D eigenvalue weighted by atomic mass is 10.0. The van der Waals surface area contributed by atoms with E-state index in [-0.39, 0.29) is 16.3 Å². The van der Waals surface area contributed by atoms with Gasteiger partial charge in [-0.3, -0.25) is 4.79 Å². The summed E-state index contributed by atoms with van der Waals surface area (Å²) < 4.78 is 6.79. The molecule has 0 radical (unpaired) electrons. The topological polar surface area (TPSA) is 79.6 Å². The number of ether oxygens (including phenoxy) is 1. The normalized spacial score (nSPS) is 16.1. The van der Waals surface area contributed by atoms with Gasteiger partial charge < -0.3 is 20.1 Å². The Hall–Kier alpha value is -3.03. The highest BCUT2D eigenvalue weighted by molar-refractivity contribution is 6.32. The summed E-state index contributed by atoms with van der Waals surface area (Å²) >= 11 is 6.34. The molecule has 0 saturated carbocycles. The summed E-state index contributed by atoms with van der Waals surface area (Å²) in [6.45, 7) is 2.24. The number of anilines is 3. The van der Waals surface area contributed by atoms with Gasteiger partial charge in [-0.05, 0) is 67.3 Å². The van der Waals surface area contributed by atoms with E-state index in [2.05, 4.69) is 10.4 Å². The van der Waals surface area contributed by atoms with Gasteiger partial charge in [0.25, 0.3) is 5.56 Å². The Morgan fingerprint density at radius 3 is 2.52 bits per heavy atom. The fourth-order valence-corrected chi connectivity index (χ4v) is 3.80. The standard InChI is InChI=1S/C23H25ClN4O3/c1-27(18-8-10-20(29)11-9-18)17-4-6-19(7-5-17)28-23(30)22(24)21(14-26-28)25-13-16-3-2-12-31-15-16/h4-11,14,16,25,29H,2-3,12-13,15H2,1H3/t16-/m1/s1. The molecule has 1 atom stereocenters. The van der Waals surface area contributed by atoms with Gasteiger partial charge in [-0.15, -0.1) is 0 Å². The Kier molecular flexibility index (Phi) is 6.44. The summed E-state index contributed by atoms with van der Waals surface area (Å²) in [4.78, 5) is 14.8. The SMILES string of the molecule is CN(c1ccc(O)cc1)c1ccc(-n2ncc(NC[C@H]3CCCOC3)c(Cl)c2=O)cc1. The molecule has 0 amide bonds. The Labute approximate surface area is 185 Å². The molecule has 4 rings (SSSR count). The summed E-state index contributed by atoms with van der Waals surface area (Å²) in [6.07, 6.45) is 3.74. The molecule has 0 unspecified atom stereocenters. The molecule has 0 bridgehead atoms. The molecule has 162 valence electrons. The number of rotatable bonds is 6. The quantitative estimate of drug-likeness (QED) is 0.598. The van der Waals surface area contributed by atoms with Gasteiger partial charge in [0.15, 0.2) is 0 Å². The number of aromatic hydroxyl groups is 1. The summed E-state index contributed by atoms with van der Waals surface area (Å²) in [5.74, 6) is 0.630. The molecule has 8 heteroatoms. The first-order chi connectivity index (χ1) is 15.0. The minimum atomic E-state index is -0.369. The van der Waals surface area contributed by atoms with Crippen LogP contribution in [0.25, 0.3) is 5.69 Å². The summed E-state index contributed by atoms with van der Waals surface area (Å²) in [7, 11) is 1.93. The molecular formula is C23H25ClN4O3. The lowest BCUT2D eigenvalue weighted by Crippen LogP contribution is -2.26. The molecule has 0 spiro atoms. The van der Waals surface area contributed by atoms with Crippen molar-refractivity contribution in [3.63, 3.8) is 0 Å². The minimum absolute atomic E-state index is 0.122. The van der Waals surface area contributed by atoms with Crippen LogP contribution in [0.15, 0.2) is 59.5 Å². The van der Waals surface area contributed by atoms with Gasteiger partial charge in [-0.2, -0.15) is 9.78 Å². The van der Waals surface area contributed by atoms with Crippen LogP contribution in [0.5, 0.6) is 5.75 Å². The number of phenolic OH excluding ortho intramolecular Hbond substituents is 1. The molecule has 1 aliphatic heterocycles. The van der Waals surface area contributed by atoms with Crippen LogP contribution in [0.3, 0.4) is 0 Å². The molecule has 2 heterocycles. The predicted molar refractivity (Wildman–Crippen MR) is 123 cm³/mol. The number of benzene rings is 2. The highest BCUT2D eigenvalue weighted by atomic mass is 35.5. The average Bonchev–Trinajstić information content (AvgIpc) is 2.81. The first-order valence-electron chi connectivity index (χ1n) is 10.3. The molecule has 1 aromatic heterocycles. The van der Waals surface area contributed by atoms with Crippen LogP contribution >= 0.6 is 11.6 Å². The maximum Gasteiger partial charge on any atom is 0.292 e. The Morgan fingerprint density at radius 1 is 1.19 bits per heavy atom. The van der Waals surface area contributed by atoms with Crippen LogP contribution in [0.2, 0.25) is 5.02 Å². The fourth-order valence-electron chi connectivity index (χ4n) is 3.61. The van der Waals surface area contributed by atoms with E-state index in [1.165, 1.54) is 4.68 Å². The summed E-state index contributed by atoms with van der Waals surface area (Å²) in [5.41, 5.74) is 2.66. The minimum Gasteiger partial charge on any atom is -0.508 e. The highest BCUT2D eigenvalue weighted by Crippen LogP contribution is 2.26. The third-order valence-corrected chi connectivity index (χ3v) is 5.84. The Balaban J connectivity index is 1.49. The number of hydrogen-bond donors (Lipinski definition) is 2. The van der Waals surface area contributed by atoms with E-state index in [1.807, 2.05) is 48.3 Å². The second kappa shape index (κ2) is 9.41. The van der Waals surface area contributed by atoms with E-state index < -0.39 is 0 Å². The molecule has 1 aliphatic rings. The van der Waals surface area contributed by atoms with E-state index in [4.69, 9.17) is 16.3 Å². The number of nitrogens with one attached hydrogen (secondary N) is 1. The average molecular weight is 441 g/mol. The molecule has 1 saturated heterocycles. The van der Waals surface area contributed by atoms with Crippen molar-refractivity contribution < 1.29 is 9.84 Å². The molecule has 3 aromatic rings. The maximum absolute atomic E-state index is 12.8. The van der Waals surface area contributed by atoms with Gasteiger partial charge in [-0.1, -0.05) is 11.6 Å². The van der Waals surface area contributed by atoms with Gasteiger partial charge in [0, 0.05) is 31.6 Å². The van der Waals surface area contributed by atoms with E-state index in [0.29, 0.717) is 23.8 Å². The van der Waals surface area contributed by atoms with E-state index >= 15 is 0 Å². The van der Waals surface area contributed by atoms with Crippen molar-refractivity contribution in [3.8, 4) is 11.4 Å². The zero-order valence-corrected chi connectivity index (χ0v) is 18.0. The number of aromatic nitrogens is 2. The zero-order chi connectivity index (χ0) is 21.8. The number of phenols is 1. The molecule has 31 heavy (non-hydrogen) atoms. The van der Waals surface area contributed by atoms with E-state index in [9.17, 15) is 9.90 Å². The Morgan fingerprint density at radius 2 is 1.87 bits per heavy atom. The van der Waals surface area contributed by atoms with Gasteiger partial charge in [0.05, 0.1) is 24.2 Å². The van der Waals surface area contributed by atoms with Crippen LogP contribution < -0.4 is 15.8 Å². The molecular weight excluding hydrogens is 416 g/mol. The summed E-state index contributed by atoms with van der Waals surface area (Å²) in [6, 6.07) is 14.4. The third kappa shape index (κ3) is 4.84. The van der Waals surface area contributed by atoms with E-state index in [1.54, 1.807) is 18.3 Å². The molecule has 7 nitrogen and oxygen atoms in total. The monoisotopic (exact) mass is 440 g/mol.